The molecule has 1 rings (SSSR count). The molecule has 0 atom stereocenters. The lowest BCUT2D eigenvalue weighted by Crippen LogP contribution is -1.95. The van der Waals surface area contributed by atoms with E-state index in [1.54, 1.807) is 0 Å². The lowest BCUT2D eigenvalue weighted by molar-refractivity contribution is 0.921. The standard InChI is InChI=1S/C12H17N/c1-3-4-11-5-7-12(8-6-11)9-10(2)13/h5-8,13H,3-4,9H2,1-2H3. The molecule has 0 saturated heterocycles. The first-order valence-electron chi connectivity index (χ1n) is 4.84. The Morgan fingerprint density at radius 2 is 1.69 bits per heavy atom. The van der Waals surface area contributed by atoms with E-state index in [0.29, 0.717) is 0 Å². The molecule has 1 nitrogen and oxygen atoms in total. The van der Waals surface area contributed by atoms with Gasteiger partial charge in [-0.2, -0.15) is 0 Å². The predicted octanol–water partition coefficient (Wildman–Crippen LogP) is 3.22. The molecule has 0 aliphatic rings. The number of nitrogens with one attached hydrogen (secondary N) is 1. The molecule has 70 valence electrons. The summed E-state index contributed by atoms with van der Waals surface area (Å²) in [5, 5.41) is 7.37. The first-order chi connectivity index (χ1) is 6.22. The Balaban J connectivity index is 2.64. The number of aryl methyl sites for hydroxylation is 1. The maximum Gasteiger partial charge on any atom is 0.0102 e. The van der Waals surface area contributed by atoms with Gasteiger partial charge in [0.2, 0.25) is 0 Å². The van der Waals surface area contributed by atoms with Crippen LogP contribution in [0, 0.1) is 5.41 Å². The van der Waals surface area contributed by atoms with Gasteiger partial charge in [0.25, 0.3) is 0 Å². The van der Waals surface area contributed by atoms with Crippen LogP contribution in [-0.4, -0.2) is 5.71 Å². The minimum Gasteiger partial charge on any atom is -0.310 e. The Labute approximate surface area is 80.3 Å². The van der Waals surface area contributed by atoms with Crippen LogP contribution in [0.4, 0.5) is 0 Å². The maximum absolute atomic E-state index is 7.37. The van der Waals surface area contributed by atoms with Gasteiger partial charge in [-0.05, 0) is 24.5 Å². The zero-order valence-electron chi connectivity index (χ0n) is 8.43. The third-order valence-corrected chi connectivity index (χ3v) is 2.03. The van der Waals surface area contributed by atoms with Crippen molar-refractivity contribution in [1.82, 2.24) is 0 Å². The van der Waals surface area contributed by atoms with Gasteiger partial charge < -0.3 is 5.41 Å². The minimum absolute atomic E-state index is 0.725. The first kappa shape index (κ1) is 9.97. The molecule has 1 N–H and O–H groups in total. The maximum atomic E-state index is 7.37. The lowest BCUT2D eigenvalue weighted by atomic mass is 10.0. The zero-order valence-corrected chi connectivity index (χ0v) is 8.43. The molecule has 1 aromatic rings. The van der Waals surface area contributed by atoms with Crippen LogP contribution in [-0.2, 0) is 12.8 Å². The van der Waals surface area contributed by atoms with Crippen molar-refractivity contribution in [3.05, 3.63) is 35.4 Å². The summed E-state index contributed by atoms with van der Waals surface area (Å²) in [4.78, 5) is 0. The molecule has 0 aromatic heterocycles. The van der Waals surface area contributed by atoms with E-state index in [2.05, 4.69) is 31.2 Å². The first-order valence-corrected chi connectivity index (χ1v) is 4.84. The summed E-state index contributed by atoms with van der Waals surface area (Å²) in [7, 11) is 0. The summed E-state index contributed by atoms with van der Waals surface area (Å²) in [6, 6.07) is 8.59. The van der Waals surface area contributed by atoms with Gasteiger partial charge in [-0.15, -0.1) is 0 Å². The van der Waals surface area contributed by atoms with E-state index in [0.717, 1.165) is 18.6 Å². The highest BCUT2D eigenvalue weighted by Gasteiger charge is 1.95. The van der Waals surface area contributed by atoms with Gasteiger partial charge >= 0.3 is 0 Å². The molecule has 0 unspecified atom stereocenters. The molecule has 0 aliphatic heterocycles. The average Bonchev–Trinajstić information content (AvgIpc) is 2.08. The molecule has 1 heteroatoms. The fourth-order valence-corrected chi connectivity index (χ4v) is 1.42. The van der Waals surface area contributed by atoms with E-state index in [1.807, 2.05) is 6.92 Å². The molecule has 13 heavy (non-hydrogen) atoms. The van der Waals surface area contributed by atoms with E-state index in [1.165, 1.54) is 17.5 Å². The number of benzene rings is 1. The van der Waals surface area contributed by atoms with E-state index in [9.17, 15) is 0 Å². The van der Waals surface area contributed by atoms with Crippen LogP contribution in [0.3, 0.4) is 0 Å². The molecule has 0 aliphatic carbocycles. The molecule has 0 heterocycles. The summed E-state index contributed by atoms with van der Waals surface area (Å²) < 4.78 is 0. The Morgan fingerprint density at radius 3 is 2.15 bits per heavy atom. The van der Waals surface area contributed by atoms with Gasteiger partial charge in [0.1, 0.15) is 0 Å². The molecule has 0 radical (unpaired) electrons. The van der Waals surface area contributed by atoms with Crippen LogP contribution in [0.1, 0.15) is 31.4 Å². The highest BCUT2D eigenvalue weighted by molar-refractivity contribution is 5.80. The molecule has 0 bridgehead atoms. The fourth-order valence-electron chi connectivity index (χ4n) is 1.42. The molecular weight excluding hydrogens is 158 g/mol. The lowest BCUT2D eigenvalue weighted by Gasteiger charge is -2.01. The second-order valence-electron chi connectivity index (χ2n) is 3.52. The van der Waals surface area contributed by atoms with Gasteiger partial charge in [-0.25, -0.2) is 0 Å². The van der Waals surface area contributed by atoms with Gasteiger partial charge in [0.05, 0.1) is 0 Å². The highest BCUT2D eigenvalue weighted by Crippen LogP contribution is 2.07. The third kappa shape index (κ3) is 3.41. The van der Waals surface area contributed by atoms with Crippen molar-refractivity contribution in [3.8, 4) is 0 Å². The summed E-state index contributed by atoms with van der Waals surface area (Å²) in [6.45, 7) is 4.04. The smallest absolute Gasteiger partial charge is 0.0102 e. The summed E-state index contributed by atoms with van der Waals surface area (Å²) in [5.41, 5.74) is 3.37. The van der Waals surface area contributed by atoms with Crippen molar-refractivity contribution in [3.63, 3.8) is 0 Å². The molecule has 0 fully saturated rings. The fraction of sp³-hybridized carbons (Fsp3) is 0.417. The van der Waals surface area contributed by atoms with E-state index in [4.69, 9.17) is 5.41 Å². The van der Waals surface area contributed by atoms with Crippen molar-refractivity contribution >= 4 is 5.71 Å². The Bertz CT molecular complexity index is 272. The molecule has 0 saturated carbocycles. The summed E-state index contributed by atoms with van der Waals surface area (Å²) in [5.74, 6) is 0. The minimum atomic E-state index is 0.725. The largest absolute Gasteiger partial charge is 0.310 e. The normalized spacial score (nSPS) is 10.0. The van der Waals surface area contributed by atoms with Crippen LogP contribution < -0.4 is 0 Å². The van der Waals surface area contributed by atoms with Crippen molar-refractivity contribution in [1.29, 1.82) is 5.41 Å². The SMILES string of the molecule is CCCc1ccc(CC(C)=N)cc1. The van der Waals surface area contributed by atoms with Crippen LogP contribution >= 0.6 is 0 Å². The summed E-state index contributed by atoms with van der Waals surface area (Å²) >= 11 is 0. The number of rotatable bonds is 4. The Hall–Kier alpha value is -1.11. The van der Waals surface area contributed by atoms with Crippen molar-refractivity contribution in [2.24, 2.45) is 0 Å². The molecule has 0 amide bonds. The summed E-state index contributed by atoms with van der Waals surface area (Å²) in [6.07, 6.45) is 3.14. The molecule has 1 aromatic carbocycles. The highest BCUT2D eigenvalue weighted by atomic mass is 14.4. The predicted molar refractivity (Wildman–Crippen MR) is 57.5 cm³/mol. The topological polar surface area (TPSA) is 23.9 Å². The number of hydrogen-bond donors (Lipinski definition) is 1. The van der Waals surface area contributed by atoms with Gasteiger partial charge in [0, 0.05) is 12.1 Å². The number of hydrogen-bond acceptors (Lipinski definition) is 1. The molecular formula is C12H17N. The molecule has 0 spiro atoms. The average molecular weight is 175 g/mol. The van der Waals surface area contributed by atoms with Crippen molar-refractivity contribution in [2.45, 2.75) is 33.1 Å². The van der Waals surface area contributed by atoms with E-state index in [-0.39, 0.29) is 0 Å². The van der Waals surface area contributed by atoms with E-state index < -0.39 is 0 Å². The quantitative estimate of drug-likeness (QED) is 0.679. The van der Waals surface area contributed by atoms with Crippen molar-refractivity contribution < 1.29 is 0 Å². The zero-order chi connectivity index (χ0) is 9.68. The van der Waals surface area contributed by atoms with Crippen LogP contribution in [0.2, 0.25) is 0 Å². The Morgan fingerprint density at radius 1 is 1.15 bits per heavy atom. The van der Waals surface area contributed by atoms with Gasteiger partial charge in [0.15, 0.2) is 0 Å². The second-order valence-corrected chi connectivity index (χ2v) is 3.52. The van der Waals surface area contributed by atoms with Crippen LogP contribution in [0.5, 0.6) is 0 Å². The second kappa shape index (κ2) is 4.80. The van der Waals surface area contributed by atoms with Gasteiger partial charge in [-0.1, -0.05) is 37.6 Å². The van der Waals surface area contributed by atoms with E-state index >= 15 is 0 Å². The Kier molecular flexibility index (Phi) is 3.69. The van der Waals surface area contributed by atoms with Crippen molar-refractivity contribution in [2.75, 3.05) is 0 Å². The third-order valence-electron chi connectivity index (χ3n) is 2.03. The van der Waals surface area contributed by atoms with Crippen LogP contribution in [0.15, 0.2) is 24.3 Å². The van der Waals surface area contributed by atoms with Crippen LogP contribution in [0.25, 0.3) is 0 Å². The van der Waals surface area contributed by atoms with Gasteiger partial charge in [-0.3, -0.25) is 0 Å². The monoisotopic (exact) mass is 175 g/mol.